The molecule has 0 unspecified atom stereocenters. The summed E-state index contributed by atoms with van der Waals surface area (Å²) in [5.74, 6) is -0.557. The van der Waals surface area contributed by atoms with Crippen LogP contribution < -0.4 is 0 Å². The fourth-order valence-electron chi connectivity index (χ4n) is 1.46. The van der Waals surface area contributed by atoms with E-state index in [2.05, 4.69) is 4.98 Å². The average molecular weight is 254 g/mol. The standard InChI is InChI=1S/C12H12F2N2O2/c1-3-18-10(17)5-9-4-8(6-15)7(2)11(16-9)12(13)14/h4,12H,3,5H2,1-2H3. The molecule has 4 nitrogen and oxygen atoms in total. The molecule has 0 N–H and O–H groups in total. The Kier molecular flexibility index (Phi) is 4.72. The quantitative estimate of drug-likeness (QED) is 0.773. The number of pyridine rings is 1. The van der Waals surface area contributed by atoms with E-state index >= 15 is 0 Å². The summed E-state index contributed by atoms with van der Waals surface area (Å²) < 4.78 is 30.1. The molecule has 0 amide bonds. The van der Waals surface area contributed by atoms with Crippen molar-refractivity contribution in [2.75, 3.05) is 6.61 Å². The Balaban J connectivity index is 3.11. The van der Waals surface area contributed by atoms with Crippen molar-refractivity contribution < 1.29 is 18.3 Å². The topological polar surface area (TPSA) is 63.0 Å². The number of esters is 1. The largest absolute Gasteiger partial charge is 0.466 e. The number of nitrogens with zero attached hydrogens (tertiary/aromatic N) is 2. The molecule has 0 aromatic carbocycles. The Labute approximate surface area is 103 Å². The number of carbonyl (C=O) groups excluding carboxylic acids is 1. The number of alkyl halides is 2. The monoisotopic (exact) mass is 254 g/mol. The van der Waals surface area contributed by atoms with Crippen LogP contribution in [0.15, 0.2) is 6.07 Å². The van der Waals surface area contributed by atoms with Gasteiger partial charge in [-0.15, -0.1) is 0 Å². The van der Waals surface area contributed by atoms with Gasteiger partial charge in [-0.25, -0.2) is 8.78 Å². The summed E-state index contributed by atoms with van der Waals surface area (Å²) in [5, 5.41) is 8.85. The number of halogens is 2. The predicted molar refractivity (Wildman–Crippen MR) is 59.0 cm³/mol. The van der Waals surface area contributed by atoms with Crippen LogP contribution in [0.3, 0.4) is 0 Å². The highest BCUT2D eigenvalue weighted by Gasteiger charge is 2.18. The minimum atomic E-state index is -2.78. The first-order valence-electron chi connectivity index (χ1n) is 5.33. The Morgan fingerprint density at radius 2 is 2.28 bits per heavy atom. The molecule has 1 aromatic heterocycles. The van der Waals surface area contributed by atoms with Crippen LogP contribution in [0.2, 0.25) is 0 Å². The van der Waals surface area contributed by atoms with Crippen LogP contribution in [-0.4, -0.2) is 17.6 Å². The van der Waals surface area contributed by atoms with E-state index in [0.717, 1.165) is 0 Å². The smallest absolute Gasteiger partial charge is 0.311 e. The Morgan fingerprint density at radius 1 is 1.61 bits per heavy atom. The molecule has 0 saturated carbocycles. The molecule has 0 aliphatic rings. The van der Waals surface area contributed by atoms with Gasteiger partial charge in [0.15, 0.2) is 0 Å². The lowest BCUT2D eigenvalue weighted by Crippen LogP contribution is -2.11. The summed E-state index contributed by atoms with van der Waals surface area (Å²) in [6.45, 7) is 3.25. The van der Waals surface area contributed by atoms with Crippen molar-refractivity contribution >= 4 is 5.97 Å². The number of rotatable bonds is 4. The average Bonchev–Trinajstić information content (AvgIpc) is 2.31. The van der Waals surface area contributed by atoms with E-state index in [0.29, 0.717) is 0 Å². The van der Waals surface area contributed by atoms with Crippen molar-refractivity contribution in [3.05, 3.63) is 28.6 Å². The Morgan fingerprint density at radius 3 is 2.78 bits per heavy atom. The highest BCUT2D eigenvalue weighted by atomic mass is 19.3. The second-order valence-corrected chi connectivity index (χ2v) is 3.57. The van der Waals surface area contributed by atoms with Gasteiger partial charge in [-0.3, -0.25) is 9.78 Å². The third kappa shape index (κ3) is 3.23. The van der Waals surface area contributed by atoms with E-state index < -0.39 is 18.1 Å². The first kappa shape index (κ1) is 14.0. The second-order valence-electron chi connectivity index (χ2n) is 3.57. The molecular weight excluding hydrogens is 242 g/mol. The van der Waals surface area contributed by atoms with Gasteiger partial charge in [0.05, 0.1) is 30.4 Å². The molecule has 0 fully saturated rings. The zero-order chi connectivity index (χ0) is 13.7. The summed E-state index contributed by atoms with van der Waals surface area (Å²) in [6.07, 6.45) is -3.00. The van der Waals surface area contributed by atoms with E-state index in [1.807, 2.05) is 6.07 Å². The van der Waals surface area contributed by atoms with Crippen molar-refractivity contribution in [1.82, 2.24) is 4.98 Å². The summed E-state index contributed by atoms with van der Waals surface area (Å²) in [6, 6.07) is 3.14. The van der Waals surface area contributed by atoms with E-state index in [-0.39, 0.29) is 29.8 Å². The first-order valence-corrected chi connectivity index (χ1v) is 5.33. The van der Waals surface area contributed by atoms with Crippen molar-refractivity contribution in [2.24, 2.45) is 0 Å². The lowest BCUT2D eigenvalue weighted by atomic mass is 10.1. The molecule has 96 valence electrons. The van der Waals surface area contributed by atoms with E-state index in [4.69, 9.17) is 10.00 Å². The minimum Gasteiger partial charge on any atom is -0.466 e. The van der Waals surface area contributed by atoms with E-state index in [1.54, 1.807) is 6.92 Å². The van der Waals surface area contributed by atoms with Gasteiger partial charge in [0.2, 0.25) is 0 Å². The molecule has 0 aliphatic carbocycles. The van der Waals surface area contributed by atoms with Crippen LogP contribution in [0, 0.1) is 18.3 Å². The molecule has 1 rings (SSSR count). The van der Waals surface area contributed by atoms with Gasteiger partial charge in [-0.1, -0.05) is 0 Å². The molecule has 0 saturated heterocycles. The Hall–Kier alpha value is -2.03. The maximum Gasteiger partial charge on any atom is 0.311 e. The van der Waals surface area contributed by atoms with Gasteiger partial charge >= 0.3 is 5.97 Å². The maximum absolute atomic E-state index is 12.7. The molecule has 1 heterocycles. The van der Waals surface area contributed by atoms with Crippen LogP contribution in [-0.2, 0) is 16.0 Å². The molecule has 0 atom stereocenters. The fraction of sp³-hybridized carbons (Fsp3) is 0.417. The van der Waals surface area contributed by atoms with Crippen molar-refractivity contribution in [2.45, 2.75) is 26.7 Å². The van der Waals surface area contributed by atoms with Crippen LogP contribution >= 0.6 is 0 Å². The summed E-state index contributed by atoms with van der Waals surface area (Å²) in [4.78, 5) is 14.9. The number of aromatic nitrogens is 1. The molecule has 6 heteroatoms. The van der Waals surface area contributed by atoms with Gasteiger partial charge in [-0.2, -0.15) is 5.26 Å². The van der Waals surface area contributed by atoms with Crippen LogP contribution in [0.4, 0.5) is 8.78 Å². The van der Waals surface area contributed by atoms with Crippen LogP contribution in [0.5, 0.6) is 0 Å². The lowest BCUT2D eigenvalue weighted by molar-refractivity contribution is -0.142. The van der Waals surface area contributed by atoms with E-state index in [9.17, 15) is 13.6 Å². The zero-order valence-corrected chi connectivity index (χ0v) is 10.0. The first-order chi connectivity index (χ1) is 8.49. The number of nitriles is 1. The van der Waals surface area contributed by atoms with Gasteiger partial charge in [-0.05, 0) is 25.5 Å². The third-order valence-corrected chi connectivity index (χ3v) is 2.32. The van der Waals surface area contributed by atoms with E-state index in [1.165, 1.54) is 13.0 Å². The molecular formula is C12H12F2N2O2. The lowest BCUT2D eigenvalue weighted by Gasteiger charge is -2.09. The molecule has 0 spiro atoms. The number of hydrogen-bond donors (Lipinski definition) is 0. The Bertz CT molecular complexity index is 496. The van der Waals surface area contributed by atoms with Crippen molar-refractivity contribution in [3.8, 4) is 6.07 Å². The predicted octanol–water partition coefficient (Wildman–Crippen LogP) is 2.30. The summed E-state index contributed by atoms with van der Waals surface area (Å²) in [7, 11) is 0. The second kappa shape index (κ2) is 6.05. The van der Waals surface area contributed by atoms with Gasteiger partial charge in [0.1, 0.15) is 5.69 Å². The molecule has 18 heavy (non-hydrogen) atoms. The van der Waals surface area contributed by atoms with Gasteiger partial charge in [0, 0.05) is 0 Å². The number of carbonyl (C=O) groups is 1. The molecule has 0 aliphatic heterocycles. The van der Waals surface area contributed by atoms with Crippen molar-refractivity contribution in [3.63, 3.8) is 0 Å². The van der Waals surface area contributed by atoms with Gasteiger partial charge in [0.25, 0.3) is 6.43 Å². The summed E-state index contributed by atoms with van der Waals surface area (Å²) >= 11 is 0. The zero-order valence-electron chi connectivity index (χ0n) is 10.0. The normalized spacial score (nSPS) is 10.2. The highest BCUT2D eigenvalue weighted by Crippen LogP contribution is 2.23. The van der Waals surface area contributed by atoms with Crippen LogP contribution in [0.25, 0.3) is 0 Å². The van der Waals surface area contributed by atoms with Crippen molar-refractivity contribution in [1.29, 1.82) is 5.26 Å². The third-order valence-electron chi connectivity index (χ3n) is 2.32. The maximum atomic E-state index is 12.7. The summed E-state index contributed by atoms with van der Waals surface area (Å²) in [5.41, 5.74) is -0.112. The highest BCUT2D eigenvalue weighted by molar-refractivity contribution is 5.72. The minimum absolute atomic E-state index is 0.0969. The molecule has 0 bridgehead atoms. The number of ether oxygens (including phenoxy) is 1. The SMILES string of the molecule is CCOC(=O)Cc1cc(C#N)c(C)c(C(F)F)n1. The van der Waals surface area contributed by atoms with Gasteiger partial charge < -0.3 is 4.74 Å². The molecule has 1 aromatic rings. The fourth-order valence-corrected chi connectivity index (χ4v) is 1.46. The number of hydrogen-bond acceptors (Lipinski definition) is 4. The molecule has 0 radical (unpaired) electrons. The van der Waals surface area contributed by atoms with Crippen LogP contribution in [0.1, 0.15) is 35.9 Å².